The Hall–Kier alpha value is -3.70. The van der Waals surface area contributed by atoms with Gasteiger partial charge in [0, 0.05) is 21.7 Å². The first-order valence-electron chi connectivity index (χ1n) is 10.9. The van der Waals surface area contributed by atoms with Crippen molar-refractivity contribution in [2.24, 2.45) is 0 Å². The normalized spacial score (nSPS) is 14.5. The first-order valence-corrected chi connectivity index (χ1v) is 11.3. The molecular formula is C29H22ClNO3. The number of aliphatic hydroxyl groups is 2. The maximum atomic E-state index is 14.0. The predicted molar refractivity (Wildman–Crippen MR) is 135 cm³/mol. The molecule has 2 N–H and O–H groups in total. The minimum absolute atomic E-state index is 0.107. The topological polar surface area (TPSA) is 60.8 Å². The molecule has 4 aromatic rings. The van der Waals surface area contributed by atoms with E-state index in [2.05, 4.69) is 0 Å². The molecule has 0 atom stereocenters. The van der Waals surface area contributed by atoms with Crippen molar-refractivity contribution in [3.05, 3.63) is 136 Å². The second kappa shape index (κ2) is 9.27. The van der Waals surface area contributed by atoms with Gasteiger partial charge in [0.15, 0.2) is 6.29 Å². The Morgan fingerprint density at radius 2 is 1.47 bits per heavy atom. The number of carbonyl (C=O) groups is 1. The van der Waals surface area contributed by atoms with Gasteiger partial charge in [-0.05, 0) is 41.0 Å². The first-order chi connectivity index (χ1) is 16.5. The van der Waals surface area contributed by atoms with Crippen LogP contribution in [0.5, 0.6) is 0 Å². The van der Waals surface area contributed by atoms with Gasteiger partial charge in [0.1, 0.15) is 0 Å². The average molecular weight is 468 g/mol. The van der Waals surface area contributed by atoms with E-state index in [1.54, 1.807) is 23.1 Å². The average Bonchev–Trinajstić information content (AvgIpc) is 3.13. The highest BCUT2D eigenvalue weighted by atomic mass is 35.5. The van der Waals surface area contributed by atoms with Crippen LogP contribution in [-0.2, 0) is 11.3 Å². The van der Waals surface area contributed by atoms with Crippen LogP contribution in [-0.4, -0.2) is 16.1 Å². The van der Waals surface area contributed by atoms with Crippen molar-refractivity contribution in [3.8, 4) is 0 Å². The molecule has 1 heterocycles. The van der Waals surface area contributed by atoms with Crippen molar-refractivity contribution < 1.29 is 15.0 Å². The number of carbonyl (C=O) groups excluding carboxylic acids is 1. The molecule has 0 fully saturated rings. The van der Waals surface area contributed by atoms with E-state index < -0.39 is 6.29 Å². The maximum Gasteiger partial charge on any atom is 0.259 e. The molecule has 0 spiro atoms. The van der Waals surface area contributed by atoms with E-state index in [4.69, 9.17) is 11.6 Å². The number of fused-ring (bicyclic) bond motifs is 1. The zero-order valence-corrected chi connectivity index (χ0v) is 19.0. The van der Waals surface area contributed by atoms with E-state index in [-0.39, 0.29) is 5.91 Å². The smallest absolute Gasteiger partial charge is 0.259 e. The van der Waals surface area contributed by atoms with E-state index in [1.165, 1.54) is 0 Å². The van der Waals surface area contributed by atoms with Crippen LogP contribution in [0.25, 0.3) is 11.1 Å². The summed E-state index contributed by atoms with van der Waals surface area (Å²) in [5, 5.41) is 19.8. The molecule has 4 nitrogen and oxygen atoms in total. The van der Waals surface area contributed by atoms with Crippen LogP contribution >= 0.6 is 11.6 Å². The number of para-hydroxylation sites is 1. The molecule has 0 bridgehead atoms. The fraction of sp³-hybridized carbons (Fsp3) is 0.0690. The number of aliphatic hydroxyl groups excluding tert-OH is 1. The number of halogens is 1. The Bertz CT molecular complexity index is 1380. The molecule has 0 saturated carbocycles. The van der Waals surface area contributed by atoms with E-state index in [1.807, 2.05) is 84.9 Å². The third-order valence-corrected chi connectivity index (χ3v) is 6.21. The Morgan fingerprint density at radius 1 is 0.794 bits per heavy atom. The molecular weight excluding hydrogens is 446 g/mol. The summed E-state index contributed by atoms with van der Waals surface area (Å²) in [6.45, 7) is 0.308. The Kier molecular flexibility index (Phi) is 6.03. The summed E-state index contributed by atoms with van der Waals surface area (Å²) in [6, 6.07) is 32.1. The van der Waals surface area contributed by atoms with Gasteiger partial charge in [-0.1, -0.05) is 90.5 Å². The van der Waals surface area contributed by atoms with Crippen molar-refractivity contribution in [2.45, 2.75) is 12.8 Å². The fourth-order valence-corrected chi connectivity index (χ4v) is 4.52. The molecule has 0 aliphatic carbocycles. The lowest BCUT2D eigenvalue weighted by molar-refractivity contribution is -0.113. The number of benzene rings is 4. The zero-order valence-electron chi connectivity index (χ0n) is 18.2. The van der Waals surface area contributed by atoms with Gasteiger partial charge in [-0.3, -0.25) is 4.79 Å². The monoisotopic (exact) mass is 467 g/mol. The fourth-order valence-electron chi connectivity index (χ4n) is 4.39. The molecule has 1 aliphatic heterocycles. The third-order valence-electron chi connectivity index (χ3n) is 5.96. The SMILES string of the molecule is O=C1C(=C(c2ccccc2)c2ccc(Cl)cc2)c2ccccc2N1Cc1cccc(C(O)O)c1. The zero-order chi connectivity index (χ0) is 23.7. The molecule has 0 aromatic heterocycles. The van der Waals surface area contributed by atoms with E-state index in [0.29, 0.717) is 22.7 Å². The van der Waals surface area contributed by atoms with Crippen LogP contribution in [0.1, 0.15) is 34.1 Å². The number of anilines is 1. The summed E-state index contributed by atoms with van der Waals surface area (Å²) in [4.78, 5) is 15.7. The van der Waals surface area contributed by atoms with Crippen LogP contribution in [0.4, 0.5) is 5.69 Å². The van der Waals surface area contributed by atoms with Crippen LogP contribution in [0.3, 0.4) is 0 Å². The lowest BCUT2D eigenvalue weighted by Crippen LogP contribution is -2.26. The number of rotatable bonds is 5. The molecule has 168 valence electrons. The summed E-state index contributed by atoms with van der Waals surface area (Å²) in [5.41, 5.74) is 6.19. The van der Waals surface area contributed by atoms with Crippen molar-refractivity contribution in [1.82, 2.24) is 0 Å². The van der Waals surface area contributed by atoms with Crippen LogP contribution < -0.4 is 4.90 Å². The maximum absolute atomic E-state index is 14.0. The molecule has 34 heavy (non-hydrogen) atoms. The lowest BCUT2D eigenvalue weighted by Gasteiger charge is -2.18. The van der Waals surface area contributed by atoms with Gasteiger partial charge in [-0.25, -0.2) is 0 Å². The summed E-state index contributed by atoms with van der Waals surface area (Å²) in [6.07, 6.45) is -1.56. The largest absolute Gasteiger partial charge is 0.364 e. The van der Waals surface area contributed by atoms with Crippen LogP contribution in [0.15, 0.2) is 103 Å². The molecule has 0 unspecified atom stereocenters. The van der Waals surface area contributed by atoms with Gasteiger partial charge >= 0.3 is 0 Å². The molecule has 0 radical (unpaired) electrons. The van der Waals surface area contributed by atoms with Gasteiger partial charge in [0.25, 0.3) is 5.91 Å². The van der Waals surface area contributed by atoms with Crippen LogP contribution in [0, 0.1) is 0 Å². The lowest BCUT2D eigenvalue weighted by atomic mass is 9.90. The molecule has 4 aromatic carbocycles. The molecule has 1 aliphatic rings. The predicted octanol–water partition coefficient (Wildman–Crippen LogP) is 5.83. The number of amides is 1. The highest BCUT2D eigenvalue weighted by Gasteiger charge is 2.35. The summed E-state index contributed by atoms with van der Waals surface area (Å²) >= 11 is 6.15. The van der Waals surface area contributed by atoms with E-state index in [9.17, 15) is 15.0 Å². The highest BCUT2D eigenvalue weighted by Crippen LogP contribution is 2.43. The van der Waals surface area contributed by atoms with E-state index in [0.717, 1.165) is 33.5 Å². The Balaban J connectivity index is 1.68. The number of hydrogen-bond donors (Lipinski definition) is 2. The van der Waals surface area contributed by atoms with E-state index >= 15 is 0 Å². The van der Waals surface area contributed by atoms with Crippen molar-refractivity contribution in [2.75, 3.05) is 4.90 Å². The van der Waals surface area contributed by atoms with Gasteiger partial charge in [-0.15, -0.1) is 0 Å². The molecule has 0 saturated heterocycles. The summed E-state index contributed by atoms with van der Waals surface area (Å²) in [7, 11) is 0. The molecule has 5 rings (SSSR count). The summed E-state index contributed by atoms with van der Waals surface area (Å²) in [5.74, 6) is -0.107. The van der Waals surface area contributed by atoms with Gasteiger partial charge < -0.3 is 15.1 Å². The van der Waals surface area contributed by atoms with Crippen LogP contribution in [0.2, 0.25) is 5.02 Å². The Morgan fingerprint density at radius 3 is 2.21 bits per heavy atom. The highest BCUT2D eigenvalue weighted by molar-refractivity contribution is 6.39. The van der Waals surface area contributed by atoms with Crippen molar-refractivity contribution in [3.63, 3.8) is 0 Å². The quantitative estimate of drug-likeness (QED) is 0.287. The Labute approximate surface area is 203 Å². The standard InChI is InChI=1S/C29H22ClNO3/c30-23-15-13-21(14-16-23)26(20-8-2-1-3-9-20)27-24-11-4-5-12-25(24)31(28(27)32)18-19-7-6-10-22(17-19)29(33)34/h1-17,29,33-34H,18H2. The van der Waals surface area contributed by atoms with Gasteiger partial charge in [0.05, 0.1) is 17.8 Å². The molecule has 1 amide bonds. The number of nitrogens with zero attached hydrogens (tertiary/aromatic N) is 1. The van der Waals surface area contributed by atoms with Crippen molar-refractivity contribution >= 4 is 34.3 Å². The molecule has 5 heteroatoms. The minimum Gasteiger partial charge on any atom is -0.364 e. The first kappa shape index (κ1) is 22.1. The number of hydrogen-bond acceptors (Lipinski definition) is 3. The second-order valence-corrected chi connectivity index (χ2v) is 8.59. The minimum atomic E-state index is -1.56. The van der Waals surface area contributed by atoms with Gasteiger partial charge in [-0.2, -0.15) is 0 Å². The third kappa shape index (κ3) is 4.15. The summed E-state index contributed by atoms with van der Waals surface area (Å²) < 4.78 is 0. The van der Waals surface area contributed by atoms with Gasteiger partial charge in [0.2, 0.25) is 0 Å². The second-order valence-electron chi connectivity index (χ2n) is 8.15. The van der Waals surface area contributed by atoms with Crippen molar-refractivity contribution in [1.29, 1.82) is 0 Å².